The highest BCUT2D eigenvalue weighted by molar-refractivity contribution is 6.16. The molecule has 0 fully saturated rings. The zero-order valence-corrected chi connectivity index (χ0v) is 14.1. The van der Waals surface area contributed by atoms with Gasteiger partial charge in [-0.2, -0.15) is 13.2 Å². The van der Waals surface area contributed by atoms with Gasteiger partial charge in [0.2, 0.25) is 5.91 Å². The second kappa shape index (κ2) is 7.65. The van der Waals surface area contributed by atoms with Crippen molar-refractivity contribution in [1.82, 2.24) is 10.6 Å². The summed E-state index contributed by atoms with van der Waals surface area (Å²) in [5.41, 5.74) is 1.95. The van der Waals surface area contributed by atoms with Crippen molar-refractivity contribution in [2.45, 2.75) is 12.6 Å². The third-order valence-electron chi connectivity index (χ3n) is 3.98. The second-order valence-electron chi connectivity index (χ2n) is 5.90. The number of hydrogen-bond acceptors (Lipinski definition) is 4. The lowest BCUT2D eigenvalue weighted by Gasteiger charge is -2.12. The second-order valence-corrected chi connectivity index (χ2v) is 5.90. The zero-order chi connectivity index (χ0) is 19.4. The standard InChI is InChI=1S/C18H16F3N3O3/c19-18(20,21)10-23-16(25)9-22-17(26)14-6-5-13(15-7-8-27-24-15)11-3-1-2-4-12(11)14/h1-6H,7-10H2,(H,22,26)(H,23,25). The van der Waals surface area contributed by atoms with Crippen molar-refractivity contribution in [1.29, 1.82) is 0 Å². The number of amides is 2. The summed E-state index contributed by atoms with van der Waals surface area (Å²) in [5.74, 6) is -1.47. The Morgan fingerprint density at radius 3 is 2.48 bits per heavy atom. The number of alkyl halides is 3. The molecule has 0 unspecified atom stereocenters. The SMILES string of the molecule is O=C(CNC(=O)c1ccc(C2=NOCC2)c2ccccc12)NCC(F)(F)F. The van der Waals surface area contributed by atoms with Gasteiger partial charge in [-0.05, 0) is 16.8 Å². The zero-order valence-electron chi connectivity index (χ0n) is 14.1. The average Bonchev–Trinajstić information content (AvgIpc) is 3.17. The van der Waals surface area contributed by atoms with Crippen LogP contribution in [0.25, 0.3) is 10.8 Å². The van der Waals surface area contributed by atoms with Crippen molar-refractivity contribution in [3.8, 4) is 0 Å². The number of hydrogen-bond donors (Lipinski definition) is 2. The minimum Gasteiger partial charge on any atom is -0.395 e. The smallest absolute Gasteiger partial charge is 0.395 e. The van der Waals surface area contributed by atoms with Crippen LogP contribution in [0.5, 0.6) is 0 Å². The summed E-state index contributed by atoms with van der Waals surface area (Å²) in [5, 5.41) is 9.50. The van der Waals surface area contributed by atoms with Crippen molar-refractivity contribution in [3.63, 3.8) is 0 Å². The van der Waals surface area contributed by atoms with Gasteiger partial charge in [-0.1, -0.05) is 35.5 Å². The molecule has 9 heteroatoms. The van der Waals surface area contributed by atoms with Gasteiger partial charge in [-0.15, -0.1) is 0 Å². The molecule has 0 aliphatic carbocycles. The molecule has 1 aliphatic heterocycles. The Balaban J connectivity index is 1.76. The Bertz CT molecular complexity index is 910. The van der Waals surface area contributed by atoms with E-state index in [2.05, 4.69) is 10.5 Å². The van der Waals surface area contributed by atoms with E-state index in [0.717, 1.165) is 16.7 Å². The first-order valence-electron chi connectivity index (χ1n) is 8.18. The van der Waals surface area contributed by atoms with Gasteiger partial charge in [0.05, 0.1) is 12.3 Å². The lowest BCUT2D eigenvalue weighted by atomic mass is 9.95. The molecule has 3 rings (SSSR count). The largest absolute Gasteiger partial charge is 0.405 e. The first-order chi connectivity index (χ1) is 12.8. The molecule has 6 nitrogen and oxygen atoms in total. The van der Waals surface area contributed by atoms with Crippen molar-refractivity contribution < 1.29 is 27.6 Å². The van der Waals surface area contributed by atoms with Crippen molar-refractivity contribution in [2.75, 3.05) is 19.7 Å². The minimum atomic E-state index is -4.50. The third-order valence-corrected chi connectivity index (χ3v) is 3.98. The van der Waals surface area contributed by atoms with Crippen molar-refractivity contribution in [2.24, 2.45) is 5.16 Å². The van der Waals surface area contributed by atoms with E-state index in [0.29, 0.717) is 24.0 Å². The van der Waals surface area contributed by atoms with Gasteiger partial charge < -0.3 is 15.5 Å². The fourth-order valence-corrected chi connectivity index (χ4v) is 2.76. The van der Waals surface area contributed by atoms with Crippen LogP contribution in [-0.2, 0) is 9.63 Å². The molecule has 2 amide bonds. The Morgan fingerprint density at radius 1 is 1.07 bits per heavy atom. The molecule has 0 bridgehead atoms. The Morgan fingerprint density at radius 2 is 1.81 bits per heavy atom. The molecule has 2 aromatic rings. The molecule has 27 heavy (non-hydrogen) atoms. The number of fused-ring (bicyclic) bond motifs is 1. The topological polar surface area (TPSA) is 79.8 Å². The fraction of sp³-hybridized carbons (Fsp3) is 0.278. The van der Waals surface area contributed by atoms with Crippen LogP contribution < -0.4 is 10.6 Å². The minimum absolute atomic E-state index is 0.317. The van der Waals surface area contributed by atoms with Crippen LogP contribution in [0.1, 0.15) is 22.3 Å². The van der Waals surface area contributed by atoms with Crippen LogP contribution >= 0.6 is 0 Å². The molecule has 142 valence electrons. The van der Waals surface area contributed by atoms with E-state index in [4.69, 9.17) is 4.84 Å². The highest BCUT2D eigenvalue weighted by Gasteiger charge is 2.27. The molecular formula is C18H16F3N3O3. The molecule has 0 radical (unpaired) electrons. The van der Waals surface area contributed by atoms with Gasteiger partial charge in [0.1, 0.15) is 13.2 Å². The van der Waals surface area contributed by atoms with E-state index in [9.17, 15) is 22.8 Å². The maximum atomic E-state index is 12.4. The Kier molecular flexibility index (Phi) is 5.29. The first-order valence-corrected chi connectivity index (χ1v) is 8.18. The number of halogens is 3. The molecule has 1 heterocycles. The van der Waals surface area contributed by atoms with Gasteiger partial charge in [0, 0.05) is 17.5 Å². The molecular weight excluding hydrogens is 363 g/mol. The van der Waals surface area contributed by atoms with Crippen LogP contribution in [0.3, 0.4) is 0 Å². The van der Waals surface area contributed by atoms with E-state index >= 15 is 0 Å². The lowest BCUT2D eigenvalue weighted by Crippen LogP contribution is -2.40. The average molecular weight is 379 g/mol. The highest BCUT2D eigenvalue weighted by atomic mass is 19.4. The number of oxime groups is 1. The predicted molar refractivity (Wildman–Crippen MR) is 92.5 cm³/mol. The van der Waals surface area contributed by atoms with Gasteiger partial charge in [0.25, 0.3) is 5.91 Å². The summed E-state index contributed by atoms with van der Waals surface area (Å²) in [6.07, 6.45) is -3.84. The highest BCUT2D eigenvalue weighted by Crippen LogP contribution is 2.25. The maximum Gasteiger partial charge on any atom is 0.405 e. The quantitative estimate of drug-likeness (QED) is 0.837. The summed E-state index contributed by atoms with van der Waals surface area (Å²) >= 11 is 0. The monoisotopic (exact) mass is 379 g/mol. The van der Waals surface area contributed by atoms with E-state index < -0.39 is 31.1 Å². The molecule has 0 atom stereocenters. The summed E-state index contributed by atoms with van der Waals surface area (Å²) in [6.45, 7) is -1.49. The summed E-state index contributed by atoms with van der Waals surface area (Å²) in [7, 11) is 0. The maximum absolute atomic E-state index is 12.4. The van der Waals surface area contributed by atoms with E-state index in [1.54, 1.807) is 29.6 Å². The van der Waals surface area contributed by atoms with Crippen LogP contribution in [0.15, 0.2) is 41.6 Å². The molecule has 0 saturated carbocycles. The third kappa shape index (κ3) is 4.55. The number of carbonyl (C=O) groups is 2. The fourth-order valence-electron chi connectivity index (χ4n) is 2.76. The van der Waals surface area contributed by atoms with Gasteiger partial charge >= 0.3 is 6.18 Å². The number of rotatable bonds is 5. The van der Waals surface area contributed by atoms with Gasteiger partial charge in [0.15, 0.2) is 0 Å². The molecule has 2 N–H and O–H groups in total. The summed E-state index contributed by atoms with van der Waals surface area (Å²) in [6, 6.07) is 10.5. The number of nitrogens with zero attached hydrogens (tertiary/aromatic N) is 1. The van der Waals surface area contributed by atoms with E-state index in [1.807, 2.05) is 12.1 Å². The van der Waals surface area contributed by atoms with Crippen LogP contribution in [0.4, 0.5) is 13.2 Å². The molecule has 0 aromatic heterocycles. The van der Waals surface area contributed by atoms with Crippen molar-refractivity contribution >= 4 is 28.3 Å². The summed E-state index contributed by atoms with van der Waals surface area (Å²) < 4.78 is 36.3. The van der Waals surface area contributed by atoms with Crippen LogP contribution in [-0.4, -0.2) is 43.4 Å². The Labute approximate surface area is 152 Å². The predicted octanol–water partition coefficient (Wildman–Crippen LogP) is 2.37. The van der Waals surface area contributed by atoms with E-state index in [1.165, 1.54) is 0 Å². The van der Waals surface area contributed by atoms with Crippen LogP contribution in [0, 0.1) is 0 Å². The molecule has 2 aromatic carbocycles. The Hall–Kier alpha value is -3.10. The van der Waals surface area contributed by atoms with Crippen LogP contribution in [0.2, 0.25) is 0 Å². The number of benzene rings is 2. The normalized spacial score (nSPS) is 13.8. The summed E-state index contributed by atoms with van der Waals surface area (Å²) in [4.78, 5) is 28.9. The number of nitrogens with one attached hydrogen (secondary N) is 2. The molecule has 0 spiro atoms. The molecule has 0 saturated heterocycles. The number of carbonyl (C=O) groups excluding carboxylic acids is 2. The van der Waals surface area contributed by atoms with Crippen molar-refractivity contribution in [3.05, 3.63) is 47.5 Å². The lowest BCUT2D eigenvalue weighted by molar-refractivity contribution is -0.137. The first kappa shape index (κ1) is 18.7. The van der Waals surface area contributed by atoms with Gasteiger partial charge in [-0.3, -0.25) is 9.59 Å². The molecule has 1 aliphatic rings. The van der Waals surface area contributed by atoms with Gasteiger partial charge in [-0.25, -0.2) is 0 Å². The van der Waals surface area contributed by atoms with E-state index in [-0.39, 0.29) is 0 Å².